The van der Waals surface area contributed by atoms with Gasteiger partial charge in [0, 0.05) is 0 Å². The van der Waals surface area contributed by atoms with Gasteiger partial charge in [0.2, 0.25) is 0 Å². The van der Waals surface area contributed by atoms with E-state index in [1.807, 2.05) is 0 Å². The number of hydrogen-bond donors (Lipinski definition) is 1. The zero-order chi connectivity index (χ0) is 15.3. The van der Waals surface area contributed by atoms with Gasteiger partial charge in [-0.25, -0.2) is 0 Å². The summed E-state index contributed by atoms with van der Waals surface area (Å²) in [4.78, 5) is 0. The summed E-state index contributed by atoms with van der Waals surface area (Å²) in [5.41, 5.74) is 0. The van der Waals surface area contributed by atoms with Gasteiger partial charge in [-0.05, 0) is 13.3 Å². The van der Waals surface area contributed by atoms with Crippen LogP contribution in [-0.4, -0.2) is 18.2 Å². The minimum absolute atomic E-state index is 0. The van der Waals surface area contributed by atoms with E-state index in [1.165, 1.54) is 64.2 Å². The zero-order valence-corrected chi connectivity index (χ0v) is 17.3. The smallest absolute Gasteiger partial charge is 1.00 e. The van der Waals surface area contributed by atoms with Crippen molar-refractivity contribution in [3.63, 3.8) is 0 Å². The van der Waals surface area contributed by atoms with Crippen molar-refractivity contribution in [2.75, 3.05) is 0 Å². The van der Waals surface area contributed by atoms with Crippen molar-refractivity contribution in [2.24, 2.45) is 0 Å². The average Bonchev–Trinajstić information content (AvgIpc) is 2.38. The predicted octanol–water partition coefficient (Wildman–Crippen LogP) is 2.47. The number of hydrogen-bond acceptors (Lipinski definition) is 2. The van der Waals surface area contributed by atoms with E-state index in [-0.39, 0.29) is 31.0 Å². The van der Waals surface area contributed by atoms with E-state index in [0.29, 0.717) is 6.42 Å². The molecule has 1 unspecified atom stereocenters. The number of unbranched alkanes of at least 4 members (excludes halogenated alkanes) is 11. The fourth-order valence-electron chi connectivity index (χ4n) is 2.42. The Morgan fingerprint density at radius 2 is 1.14 bits per heavy atom. The summed E-state index contributed by atoms with van der Waals surface area (Å²) in [5.74, 6) is 0. The van der Waals surface area contributed by atoms with Gasteiger partial charge < -0.3 is 1.43 Å². The van der Waals surface area contributed by atoms with Crippen LogP contribution in [0.5, 0.6) is 0 Å². The second-order valence-electron chi connectivity index (χ2n) is 6.00. The second-order valence-corrected chi connectivity index (χ2v) is 7.84. The van der Waals surface area contributed by atoms with Crippen molar-refractivity contribution in [1.82, 2.24) is 0 Å². The Balaban J connectivity index is -0.00000180. The molecule has 124 valence electrons. The van der Waals surface area contributed by atoms with Crippen molar-refractivity contribution in [1.29, 1.82) is 0 Å². The van der Waals surface area contributed by atoms with Crippen molar-refractivity contribution in [3.8, 4) is 0 Å². The summed E-state index contributed by atoms with van der Waals surface area (Å²) in [7, 11) is -3.82. The molecule has 0 spiro atoms. The van der Waals surface area contributed by atoms with Crippen LogP contribution in [0, 0.1) is 0 Å². The Kier molecular flexibility index (Phi) is 18.2. The topological polar surface area (TPSA) is 54.4 Å². The molecular formula is C16H35NaO3S. The molecule has 1 N–H and O–H groups in total. The average molecular weight is 331 g/mol. The summed E-state index contributed by atoms with van der Waals surface area (Å²) >= 11 is 0. The fourth-order valence-corrected chi connectivity index (χ4v) is 2.89. The van der Waals surface area contributed by atoms with Crippen LogP contribution >= 0.6 is 0 Å². The van der Waals surface area contributed by atoms with Gasteiger partial charge in [0.1, 0.15) is 0 Å². The minimum atomic E-state index is -3.82. The van der Waals surface area contributed by atoms with Crippen LogP contribution in [0.25, 0.3) is 0 Å². The summed E-state index contributed by atoms with van der Waals surface area (Å²) < 4.78 is 30.5. The molecule has 0 fully saturated rings. The van der Waals surface area contributed by atoms with Crippen LogP contribution in [0.3, 0.4) is 0 Å². The third-order valence-corrected chi connectivity index (χ3v) is 5.23. The van der Waals surface area contributed by atoms with Gasteiger partial charge in [0.15, 0.2) is 0 Å². The molecule has 0 saturated heterocycles. The van der Waals surface area contributed by atoms with Crippen LogP contribution in [0.15, 0.2) is 0 Å². The first-order chi connectivity index (χ1) is 9.48. The summed E-state index contributed by atoms with van der Waals surface area (Å²) in [6.07, 6.45) is 15.9. The minimum Gasteiger partial charge on any atom is -1.00 e. The quantitative estimate of drug-likeness (QED) is 0.302. The van der Waals surface area contributed by atoms with E-state index in [9.17, 15) is 8.42 Å². The Bertz CT molecular complexity index is 311. The van der Waals surface area contributed by atoms with Crippen LogP contribution in [0.2, 0.25) is 0 Å². The van der Waals surface area contributed by atoms with E-state index in [4.69, 9.17) is 4.55 Å². The van der Waals surface area contributed by atoms with Crippen LogP contribution < -0.4 is 29.6 Å². The van der Waals surface area contributed by atoms with Crippen LogP contribution in [0.4, 0.5) is 0 Å². The largest absolute Gasteiger partial charge is 1.00 e. The van der Waals surface area contributed by atoms with Gasteiger partial charge >= 0.3 is 29.6 Å². The van der Waals surface area contributed by atoms with E-state index >= 15 is 0 Å². The molecule has 0 heterocycles. The Hall–Kier alpha value is 0.910. The van der Waals surface area contributed by atoms with Crippen molar-refractivity contribution < 1.29 is 44.0 Å². The molecule has 0 amide bonds. The molecule has 0 aromatic rings. The molecule has 0 saturated carbocycles. The maximum atomic E-state index is 10.8. The van der Waals surface area contributed by atoms with Crippen molar-refractivity contribution >= 4 is 10.1 Å². The van der Waals surface area contributed by atoms with Crippen molar-refractivity contribution in [2.45, 2.75) is 103 Å². The fraction of sp³-hybridized carbons (Fsp3) is 1.00. The van der Waals surface area contributed by atoms with Crippen LogP contribution in [-0.2, 0) is 10.1 Å². The first kappa shape index (κ1) is 24.2. The Labute approximate surface area is 156 Å². The normalized spacial score (nSPS) is 12.9. The molecule has 21 heavy (non-hydrogen) atoms. The molecule has 0 aliphatic rings. The SMILES string of the molecule is CCCCCCCCCCCCCCC(C)S(=O)(=O)O.[H-].[Na+]. The molecule has 1 atom stereocenters. The maximum Gasteiger partial charge on any atom is 1.00 e. The second kappa shape index (κ2) is 15.8. The standard InChI is InChI=1S/C16H34O3S.Na.H/c1-3-4-5-6-7-8-9-10-11-12-13-14-15-16(2)20(17,18)19;;/h16H,3-15H2,1-2H3,(H,17,18,19);;/q;+1;-1. The van der Waals surface area contributed by atoms with E-state index in [0.717, 1.165) is 12.8 Å². The number of rotatable bonds is 14. The Morgan fingerprint density at radius 3 is 1.48 bits per heavy atom. The molecule has 0 bridgehead atoms. The molecule has 0 aromatic heterocycles. The van der Waals surface area contributed by atoms with Gasteiger partial charge in [-0.1, -0.05) is 84.0 Å². The molecule has 3 nitrogen and oxygen atoms in total. The van der Waals surface area contributed by atoms with E-state index in [2.05, 4.69) is 6.92 Å². The summed E-state index contributed by atoms with van der Waals surface area (Å²) in [5, 5.41) is -0.606. The van der Waals surface area contributed by atoms with Crippen LogP contribution in [0.1, 0.15) is 98.7 Å². The third-order valence-electron chi connectivity index (χ3n) is 3.97. The zero-order valence-electron chi connectivity index (χ0n) is 15.4. The summed E-state index contributed by atoms with van der Waals surface area (Å²) in [6, 6.07) is 0. The monoisotopic (exact) mass is 330 g/mol. The molecule has 5 heteroatoms. The molecule has 0 radical (unpaired) electrons. The first-order valence-corrected chi connectivity index (χ1v) is 9.95. The molecular weight excluding hydrogens is 295 g/mol. The molecule has 0 aromatic carbocycles. The van der Waals surface area contributed by atoms with E-state index in [1.54, 1.807) is 6.92 Å². The molecule has 0 aliphatic carbocycles. The summed E-state index contributed by atoms with van der Waals surface area (Å²) in [6.45, 7) is 3.82. The van der Waals surface area contributed by atoms with Crippen molar-refractivity contribution in [3.05, 3.63) is 0 Å². The van der Waals surface area contributed by atoms with E-state index < -0.39 is 15.4 Å². The van der Waals surface area contributed by atoms with Gasteiger partial charge in [-0.3, -0.25) is 4.55 Å². The van der Waals surface area contributed by atoms with Gasteiger partial charge in [0.05, 0.1) is 5.25 Å². The maximum absolute atomic E-state index is 10.8. The van der Waals surface area contributed by atoms with Gasteiger partial charge in [-0.15, -0.1) is 0 Å². The Morgan fingerprint density at radius 1 is 0.810 bits per heavy atom. The molecule has 0 aliphatic heterocycles. The van der Waals surface area contributed by atoms with Gasteiger partial charge in [-0.2, -0.15) is 8.42 Å². The third kappa shape index (κ3) is 17.1. The predicted molar refractivity (Wildman–Crippen MR) is 87.8 cm³/mol. The van der Waals surface area contributed by atoms with Gasteiger partial charge in [0.25, 0.3) is 10.1 Å². The molecule has 0 rings (SSSR count). The first-order valence-electron chi connectivity index (χ1n) is 8.44.